The highest BCUT2D eigenvalue weighted by Crippen LogP contribution is 2.22. The number of alkyl halides is 2. The minimum atomic E-state index is -2.47. The molecule has 1 unspecified atom stereocenters. The molecule has 1 aromatic carbocycles. The maximum atomic E-state index is 11.9. The molecule has 108 valence electrons. The predicted molar refractivity (Wildman–Crippen MR) is 68.6 cm³/mol. The highest BCUT2D eigenvalue weighted by molar-refractivity contribution is 5.30. The van der Waals surface area contributed by atoms with E-state index >= 15 is 0 Å². The van der Waals surface area contributed by atoms with Gasteiger partial charge in [-0.3, -0.25) is 0 Å². The fraction of sp³-hybridized carbons (Fsp3) is 0.571. The molecular weight excluding hydrogens is 254 g/mol. The van der Waals surface area contributed by atoms with Crippen LogP contribution in [0.15, 0.2) is 24.3 Å². The number of rotatable bonds is 8. The summed E-state index contributed by atoms with van der Waals surface area (Å²) < 4.78 is 34.0. The second-order valence-corrected chi connectivity index (χ2v) is 4.51. The molecule has 19 heavy (non-hydrogen) atoms. The van der Waals surface area contributed by atoms with Crippen LogP contribution in [-0.2, 0) is 4.74 Å². The van der Waals surface area contributed by atoms with Gasteiger partial charge in [-0.15, -0.1) is 0 Å². The molecule has 0 amide bonds. The van der Waals surface area contributed by atoms with Crippen molar-refractivity contribution < 1.29 is 23.4 Å². The van der Waals surface area contributed by atoms with Gasteiger partial charge in [0.05, 0.1) is 12.2 Å². The molecule has 0 saturated heterocycles. The Labute approximate surface area is 112 Å². The van der Waals surface area contributed by atoms with Crippen molar-refractivity contribution >= 4 is 0 Å². The van der Waals surface area contributed by atoms with Crippen molar-refractivity contribution in [3.8, 4) is 5.75 Å². The van der Waals surface area contributed by atoms with Crippen LogP contribution in [0.4, 0.5) is 8.78 Å². The SMILES string of the molecule is CC(C)Oc1cccc(C(O)CCOCC(F)F)c1. The smallest absolute Gasteiger partial charge is 0.261 e. The maximum Gasteiger partial charge on any atom is 0.261 e. The third-order valence-corrected chi connectivity index (χ3v) is 2.39. The van der Waals surface area contributed by atoms with Crippen molar-refractivity contribution in [1.29, 1.82) is 0 Å². The molecule has 0 saturated carbocycles. The summed E-state index contributed by atoms with van der Waals surface area (Å²) in [5.74, 6) is 0.681. The lowest BCUT2D eigenvalue weighted by molar-refractivity contribution is 0.00479. The van der Waals surface area contributed by atoms with Crippen molar-refractivity contribution in [2.45, 2.75) is 38.9 Å². The zero-order chi connectivity index (χ0) is 14.3. The van der Waals surface area contributed by atoms with Gasteiger partial charge >= 0.3 is 0 Å². The van der Waals surface area contributed by atoms with Gasteiger partial charge in [-0.1, -0.05) is 12.1 Å². The standard InChI is InChI=1S/C14H20F2O3/c1-10(2)19-12-5-3-4-11(8-12)13(17)6-7-18-9-14(15)16/h3-5,8,10,13-14,17H,6-7,9H2,1-2H3. The molecular formula is C14H20F2O3. The van der Waals surface area contributed by atoms with E-state index in [1.807, 2.05) is 19.9 Å². The zero-order valence-electron chi connectivity index (χ0n) is 11.2. The summed E-state index contributed by atoms with van der Waals surface area (Å²) >= 11 is 0. The van der Waals surface area contributed by atoms with Crippen molar-refractivity contribution in [2.24, 2.45) is 0 Å². The van der Waals surface area contributed by atoms with Crippen LogP contribution in [0.1, 0.15) is 31.9 Å². The molecule has 1 rings (SSSR count). The molecule has 0 aliphatic carbocycles. The van der Waals surface area contributed by atoms with E-state index in [9.17, 15) is 13.9 Å². The van der Waals surface area contributed by atoms with Crippen LogP contribution in [0.2, 0.25) is 0 Å². The van der Waals surface area contributed by atoms with Gasteiger partial charge in [0.2, 0.25) is 0 Å². The van der Waals surface area contributed by atoms with Crippen LogP contribution < -0.4 is 4.74 Å². The summed E-state index contributed by atoms with van der Waals surface area (Å²) in [5.41, 5.74) is 0.693. The fourth-order valence-electron chi connectivity index (χ4n) is 1.60. The summed E-state index contributed by atoms with van der Waals surface area (Å²) in [6.07, 6.45) is -2.88. The van der Waals surface area contributed by atoms with Crippen LogP contribution in [0.3, 0.4) is 0 Å². The van der Waals surface area contributed by atoms with E-state index in [-0.39, 0.29) is 19.1 Å². The average molecular weight is 274 g/mol. The van der Waals surface area contributed by atoms with Gasteiger partial charge in [0, 0.05) is 13.0 Å². The van der Waals surface area contributed by atoms with Crippen molar-refractivity contribution in [3.05, 3.63) is 29.8 Å². The second kappa shape index (κ2) is 8.07. The highest BCUT2D eigenvalue weighted by atomic mass is 19.3. The lowest BCUT2D eigenvalue weighted by Crippen LogP contribution is -2.09. The lowest BCUT2D eigenvalue weighted by Gasteiger charge is -2.14. The Balaban J connectivity index is 2.45. The molecule has 0 aliphatic rings. The van der Waals surface area contributed by atoms with E-state index in [1.54, 1.807) is 18.2 Å². The van der Waals surface area contributed by atoms with Gasteiger partial charge in [-0.25, -0.2) is 8.78 Å². The Morgan fingerprint density at radius 3 is 2.63 bits per heavy atom. The second-order valence-electron chi connectivity index (χ2n) is 4.51. The summed E-state index contributed by atoms with van der Waals surface area (Å²) in [5, 5.41) is 9.92. The summed E-state index contributed by atoms with van der Waals surface area (Å²) in [6.45, 7) is 3.34. The zero-order valence-corrected chi connectivity index (χ0v) is 11.2. The van der Waals surface area contributed by atoms with Gasteiger partial charge in [-0.05, 0) is 31.5 Å². The molecule has 5 heteroatoms. The number of aliphatic hydroxyl groups is 1. The van der Waals surface area contributed by atoms with Gasteiger partial charge in [-0.2, -0.15) is 0 Å². The molecule has 1 aromatic rings. The first-order valence-electron chi connectivity index (χ1n) is 6.29. The van der Waals surface area contributed by atoms with E-state index < -0.39 is 19.1 Å². The van der Waals surface area contributed by atoms with E-state index in [2.05, 4.69) is 0 Å². The number of halogens is 2. The van der Waals surface area contributed by atoms with Crippen LogP contribution >= 0.6 is 0 Å². The van der Waals surface area contributed by atoms with Crippen molar-refractivity contribution in [2.75, 3.05) is 13.2 Å². The Hall–Kier alpha value is -1.20. The molecule has 0 spiro atoms. The molecule has 0 radical (unpaired) electrons. The largest absolute Gasteiger partial charge is 0.491 e. The number of benzene rings is 1. The van der Waals surface area contributed by atoms with E-state index in [1.165, 1.54) is 0 Å². The summed E-state index contributed by atoms with van der Waals surface area (Å²) in [6, 6.07) is 7.11. The van der Waals surface area contributed by atoms with Gasteiger partial charge in [0.25, 0.3) is 6.43 Å². The maximum absolute atomic E-state index is 11.9. The number of hydrogen-bond acceptors (Lipinski definition) is 3. The monoisotopic (exact) mass is 274 g/mol. The first-order valence-corrected chi connectivity index (χ1v) is 6.29. The normalized spacial score (nSPS) is 13.0. The van der Waals surface area contributed by atoms with E-state index in [0.29, 0.717) is 11.3 Å². The highest BCUT2D eigenvalue weighted by Gasteiger charge is 2.10. The van der Waals surface area contributed by atoms with E-state index in [0.717, 1.165) is 0 Å². The first-order chi connectivity index (χ1) is 8.99. The Bertz CT molecular complexity index is 369. The third kappa shape index (κ3) is 6.50. The third-order valence-electron chi connectivity index (χ3n) is 2.39. The number of ether oxygens (including phenoxy) is 2. The Morgan fingerprint density at radius 1 is 1.26 bits per heavy atom. The van der Waals surface area contributed by atoms with Gasteiger partial charge in [0.1, 0.15) is 12.4 Å². The lowest BCUT2D eigenvalue weighted by atomic mass is 10.1. The number of aliphatic hydroxyl groups excluding tert-OH is 1. The van der Waals surface area contributed by atoms with Crippen LogP contribution in [0.25, 0.3) is 0 Å². The Kier molecular flexibility index (Phi) is 6.73. The molecule has 0 aromatic heterocycles. The van der Waals surface area contributed by atoms with Crippen molar-refractivity contribution in [3.63, 3.8) is 0 Å². The topological polar surface area (TPSA) is 38.7 Å². The predicted octanol–water partition coefficient (Wildman–Crippen LogP) is 3.18. The van der Waals surface area contributed by atoms with Crippen LogP contribution in [0.5, 0.6) is 5.75 Å². The van der Waals surface area contributed by atoms with Gasteiger partial charge < -0.3 is 14.6 Å². The molecule has 1 N–H and O–H groups in total. The molecule has 0 aliphatic heterocycles. The van der Waals surface area contributed by atoms with Crippen molar-refractivity contribution in [1.82, 2.24) is 0 Å². The fourth-order valence-corrected chi connectivity index (χ4v) is 1.60. The molecule has 0 heterocycles. The quantitative estimate of drug-likeness (QED) is 0.740. The van der Waals surface area contributed by atoms with E-state index in [4.69, 9.17) is 9.47 Å². The first kappa shape index (κ1) is 15.9. The molecule has 0 fully saturated rings. The molecule has 3 nitrogen and oxygen atoms in total. The summed E-state index contributed by atoms with van der Waals surface area (Å²) in [7, 11) is 0. The summed E-state index contributed by atoms with van der Waals surface area (Å²) in [4.78, 5) is 0. The molecule has 0 bridgehead atoms. The minimum Gasteiger partial charge on any atom is -0.491 e. The number of hydrogen-bond donors (Lipinski definition) is 1. The van der Waals surface area contributed by atoms with Crippen LogP contribution in [-0.4, -0.2) is 30.8 Å². The van der Waals surface area contributed by atoms with Gasteiger partial charge in [0.15, 0.2) is 0 Å². The molecule has 1 atom stereocenters. The average Bonchev–Trinajstić information content (AvgIpc) is 2.33. The Morgan fingerprint density at radius 2 is 2.00 bits per heavy atom. The van der Waals surface area contributed by atoms with Crippen LogP contribution in [0, 0.1) is 0 Å². The minimum absolute atomic E-state index is 0.0572.